The maximum atomic E-state index is 2.97. The van der Waals surface area contributed by atoms with Gasteiger partial charge in [-0.1, -0.05) is 6.55 Å². The molecule has 0 aromatic rings. The van der Waals surface area contributed by atoms with Crippen LogP contribution in [-0.2, 0) is 0 Å². The lowest BCUT2D eigenvalue weighted by molar-refractivity contribution is -0.00100. The molecule has 0 aliphatic carbocycles. The van der Waals surface area contributed by atoms with E-state index in [1.807, 2.05) is 0 Å². The van der Waals surface area contributed by atoms with Gasteiger partial charge >= 0.3 is 0 Å². The fourth-order valence-corrected chi connectivity index (χ4v) is 0. The molecule has 4 heteroatoms. The lowest BCUT2D eigenvalue weighted by atomic mass is 11.9. The minimum Gasteiger partial charge on any atom is -1.00 e. The molecule has 0 spiro atoms. The summed E-state index contributed by atoms with van der Waals surface area (Å²) in [7, 11) is 2.97. The fourth-order valence-electron chi connectivity index (χ4n) is 0. The number of hydrogen-bond donors (Lipinski definition) is 0. The highest BCUT2D eigenvalue weighted by Gasteiger charge is 0.972. The van der Waals surface area contributed by atoms with Crippen LogP contribution in [0.4, 0.5) is 0 Å². The van der Waals surface area contributed by atoms with Crippen molar-refractivity contribution in [3.05, 3.63) is 0 Å². The van der Waals surface area contributed by atoms with E-state index in [-0.39, 0.29) is 37.2 Å². The lowest BCUT2D eigenvalue weighted by Gasteiger charge is -1.03. The van der Waals surface area contributed by atoms with Gasteiger partial charge in [0.25, 0.3) is 0 Å². The van der Waals surface area contributed by atoms with Crippen molar-refractivity contribution in [1.82, 2.24) is 0 Å². The molecule has 0 atom stereocenters. The minimum atomic E-state index is 0. The van der Waals surface area contributed by atoms with Gasteiger partial charge in [0.1, 0.15) is 0 Å². The lowest BCUT2D eigenvalue weighted by Crippen LogP contribution is -3.00. The average Bonchev–Trinajstić information content (AvgIpc) is 1.00. The van der Waals surface area contributed by atoms with Gasteiger partial charge in [-0.25, -0.2) is 0 Å². The molecule has 0 saturated heterocycles. The second-order valence-corrected chi connectivity index (χ2v) is 0. The topological polar surface area (TPSA) is 0 Å². The van der Waals surface area contributed by atoms with Crippen LogP contribution in [0.3, 0.4) is 0 Å². The first-order valence-electron chi connectivity index (χ1n) is 0.500. The molecule has 0 amide bonds. The molecule has 0 aliphatic rings. The van der Waals surface area contributed by atoms with Gasteiger partial charge in [-0.05, 0) is 0 Å². The summed E-state index contributed by atoms with van der Waals surface area (Å²) in [5.74, 6) is 0. The van der Waals surface area contributed by atoms with E-state index in [2.05, 4.69) is 10.2 Å². The van der Waals surface area contributed by atoms with Crippen LogP contribution in [0.1, 0.15) is 0 Å². The van der Waals surface area contributed by atoms with Crippen molar-refractivity contribution in [3.63, 3.8) is 0 Å². The summed E-state index contributed by atoms with van der Waals surface area (Å²) in [6.07, 6.45) is 0. The van der Waals surface area contributed by atoms with E-state index in [1.165, 1.54) is 0 Å². The predicted molar refractivity (Wildman–Crippen MR) is 11.6 cm³/mol. The Morgan fingerprint density at radius 2 is 0.800 bits per heavy atom. The first-order valence-corrected chi connectivity index (χ1v) is 1.50. The molecule has 0 aliphatic heterocycles. The fraction of sp³-hybridized carbons (Fsp3) is 1.00. The molecule has 0 bridgehead atoms. The van der Waals surface area contributed by atoms with Crippen molar-refractivity contribution in [3.8, 4) is 0 Å². The first-order chi connectivity index (χ1) is 1.00. The second kappa shape index (κ2) is 71.9. The maximum Gasteiger partial charge on any atom is 0.0184 e. The van der Waals surface area contributed by atoms with Crippen LogP contribution in [0.15, 0.2) is 0 Å². The third kappa shape index (κ3) is 41.0. The summed E-state index contributed by atoms with van der Waals surface area (Å²) in [6, 6.07) is 0. The van der Waals surface area contributed by atoms with Crippen molar-refractivity contribution < 1.29 is 37.2 Å². The predicted octanol–water partition coefficient (Wildman–Crippen LogP) is -8.79. The molecule has 35 valence electrons. The maximum absolute atomic E-state index is 2.97. The van der Waals surface area contributed by atoms with E-state index in [9.17, 15) is 0 Å². The van der Waals surface area contributed by atoms with Crippen molar-refractivity contribution in [2.24, 2.45) is 0 Å². The van der Waals surface area contributed by atoms with Gasteiger partial charge in [0, 0.05) is 10.2 Å². The molecule has 0 saturated carbocycles. The van der Waals surface area contributed by atoms with Gasteiger partial charge in [0.05, 0.1) is 0 Å². The van der Waals surface area contributed by atoms with E-state index < -0.39 is 0 Å². The summed E-state index contributed by atoms with van der Waals surface area (Å²) >= 11 is 0. The molecule has 0 rings (SSSR count). The Labute approximate surface area is 54.4 Å². The Kier molecular flexibility index (Phi) is 520. The Balaban J connectivity index is -0.00000000167. The van der Waals surface area contributed by atoms with E-state index in [1.54, 1.807) is 6.55 Å². The van der Waals surface area contributed by atoms with Crippen LogP contribution >= 0.6 is 0 Å². The van der Waals surface area contributed by atoms with Crippen LogP contribution in [0.25, 0.3) is 0 Å². The van der Waals surface area contributed by atoms with Crippen LogP contribution in [-0.4, -0.2) is 10.2 Å². The molecule has 0 nitrogen and oxygen atoms in total. The van der Waals surface area contributed by atoms with E-state index in [4.69, 9.17) is 0 Å². The third-order valence-electron chi connectivity index (χ3n) is 0. The average molecular weight is 149 g/mol. The Hall–Kier alpha value is 1.09. The van der Waals surface area contributed by atoms with Crippen LogP contribution in [0.5, 0.6) is 0 Å². The molecule has 0 aromatic carbocycles. The minimum absolute atomic E-state index is 0. The van der Waals surface area contributed by atoms with Crippen molar-refractivity contribution >= 4 is 10.2 Å². The summed E-state index contributed by atoms with van der Waals surface area (Å²) in [5, 5.41) is 0. The van der Waals surface area contributed by atoms with E-state index in [0.29, 0.717) is 0 Å². The zero-order valence-electron chi connectivity index (χ0n) is 2.63. The normalized spacial score (nSPS) is 1.20. The largest absolute Gasteiger partial charge is 1.00 e. The molecule has 0 N–H and O–H groups in total. The number of rotatable bonds is 0. The molecule has 5 heavy (non-hydrogen) atoms. The molecule has 0 fully saturated rings. The monoisotopic (exact) mass is 148 g/mol. The first kappa shape index (κ1) is 36.2. The van der Waals surface area contributed by atoms with Crippen LogP contribution in [0.2, 0.25) is 6.55 Å². The summed E-state index contributed by atoms with van der Waals surface area (Å²) in [6.45, 7) is 1.81. The third-order valence-corrected chi connectivity index (χ3v) is 0. The van der Waals surface area contributed by atoms with Gasteiger partial charge in [-0.3, -0.25) is 0 Å². The van der Waals surface area contributed by atoms with Crippen LogP contribution in [0, 0.1) is 0 Å². The highest BCUT2D eigenvalue weighted by atomic mass is 35.5. The Bertz CT molecular complexity index is 6.85. The highest BCUT2D eigenvalue weighted by Crippen LogP contribution is 0.960. The molecule has 3 radical (unpaired) electrons. The molecular weight excluding hydrogens is 146 g/mol. The summed E-state index contributed by atoms with van der Waals surface area (Å²) < 4.78 is 0. The van der Waals surface area contributed by atoms with Gasteiger partial charge < -0.3 is 37.2 Å². The standard InChI is InChI=1S/CH3Si.3ClH/c1-2;;;/h1H3;3*1H/p-3. The molecule has 0 aromatic heterocycles. The van der Waals surface area contributed by atoms with Gasteiger partial charge in [-0.15, -0.1) is 0 Å². The van der Waals surface area contributed by atoms with E-state index in [0.717, 1.165) is 0 Å². The Morgan fingerprint density at radius 3 is 0.800 bits per heavy atom. The zero-order valence-corrected chi connectivity index (χ0v) is 5.90. The summed E-state index contributed by atoms with van der Waals surface area (Å²) in [4.78, 5) is 0. The van der Waals surface area contributed by atoms with Crippen molar-refractivity contribution in [1.29, 1.82) is 0 Å². The SMILES string of the molecule is C[Si].[Cl-].[Cl-].[Cl-]. The number of hydrogen-bond acceptors (Lipinski definition) is 0. The smallest absolute Gasteiger partial charge is 0.0184 e. The van der Waals surface area contributed by atoms with Crippen molar-refractivity contribution in [2.75, 3.05) is 0 Å². The second-order valence-electron chi connectivity index (χ2n) is 0. The molecular formula is CH3Cl3Si-3. The molecule has 0 heterocycles. The summed E-state index contributed by atoms with van der Waals surface area (Å²) in [5.41, 5.74) is 0. The zero-order chi connectivity index (χ0) is 2.00. The highest BCUT2D eigenvalue weighted by molar-refractivity contribution is 6.05. The van der Waals surface area contributed by atoms with Gasteiger partial charge in [0.2, 0.25) is 0 Å². The molecule has 0 unspecified atom stereocenters. The van der Waals surface area contributed by atoms with Gasteiger partial charge in [-0.2, -0.15) is 0 Å². The van der Waals surface area contributed by atoms with Crippen LogP contribution < -0.4 is 37.2 Å². The van der Waals surface area contributed by atoms with Gasteiger partial charge in [0.15, 0.2) is 0 Å². The quantitative estimate of drug-likeness (QED) is 0.300. The Morgan fingerprint density at radius 1 is 0.800 bits per heavy atom. The number of halogens is 3. The van der Waals surface area contributed by atoms with E-state index >= 15 is 0 Å². The van der Waals surface area contributed by atoms with Crippen molar-refractivity contribution in [2.45, 2.75) is 6.55 Å².